The molecule has 13 heavy (non-hydrogen) atoms. The van der Waals surface area contributed by atoms with Gasteiger partial charge in [-0.2, -0.15) is 0 Å². The molecule has 2 heterocycles. The highest BCUT2D eigenvalue weighted by atomic mass is 15.0. The van der Waals surface area contributed by atoms with Crippen LogP contribution in [0.2, 0.25) is 0 Å². The minimum absolute atomic E-state index is 1.00. The van der Waals surface area contributed by atoms with Gasteiger partial charge in [0.2, 0.25) is 0 Å². The van der Waals surface area contributed by atoms with E-state index in [0.717, 1.165) is 5.65 Å². The van der Waals surface area contributed by atoms with Crippen LogP contribution >= 0.6 is 0 Å². The first kappa shape index (κ1) is 6.66. The molecule has 2 nitrogen and oxygen atoms in total. The van der Waals surface area contributed by atoms with Gasteiger partial charge in [0.25, 0.3) is 0 Å². The van der Waals surface area contributed by atoms with Crippen LogP contribution in [0.3, 0.4) is 0 Å². The van der Waals surface area contributed by atoms with Gasteiger partial charge in [-0.25, -0.2) is 4.98 Å². The molecule has 2 heteroatoms. The molecule has 0 radical (unpaired) electrons. The van der Waals surface area contributed by atoms with E-state index in [9.17, 15) is 0 Å². The molecule has 0 saturated carbocycles. The van der Waals surface area contributed by atoms with Gasteiger partial charge < -0.3 is 4.40 Å². The van der Waals surface area contributed by atoms with Crippen LogP contribution in [0.4, 0.5) is 0 Å². The molecule has 0 aliphatic heterocycles. The summed E-state index contributed by atoms with van der Waals surface area (Å²) in [5.41, 5.74) is 2.22. The number of nitrogens with zero attached hydrogens (tertiary/aromatic N) is 2. The van der Waals surface area contributed by atoms with E-state index in [1.807, 2.05) is 30.6 Å². The van der Waals surface area contributed by atoms with Crippen molar-refractivity contribution in [3.05, 3.63) is 48.8 Å². The minimum atomic E-state index is 1.00. The van der Waals surface area contributed by atoms with Gasteiger partial charge in [-0.05, 0) is 18.2 Å². The fourth-order valence-electron chi connectivity index (χ4n) is 1.66. The van der Waals surface area contributed by atoms with Crippen LogP contribution < -0.4 is 0 Å². The van der Waals surface area contributed by atoms with Gasteiger partial charge >= 0.3 is 0 Å². The first-order valence-electron chi connectivity index (χ1n) is 4.26. The minimum Gasteiger partial charge on any atom is -0.301 e. The second-order valence-electron chi connectivity index (χ2n) is 3.05. The molecule has 0 aliphatic rings. The van der Waals surface area contributed by atoms with Crippen molar-refractivity contribution in [2.24, 2.45) is 0 Å². The van der Waals surface area contributed by atoms with E-state index in [2.05, 4.69) is 27.6 Å². The summed E-state index contributed by atoms with van der Waals surface area (Å²) in [5, 5.41) is 1.24. The molecule has 0 aliphatic carbocycles. The predicted molar refractivity (Wildman–Crippen MR) is 52.7 cm³/mol. The number of fused-ring (bicyclic) bond motifs is 3. The molecule has 0 fully saturated rings. The van der Waals surface area contributed by atoms with Gasteiger partial charge in [-0.3, -0.25) is 0 Å². The number of aromatic nitrogens is 2. The summed E-state index contributed by atoms with van der Waals surface area (Å²) >= 11 is 0. The van der Waals surface area contributed by atoms with E-state index in [1.165, 1.54) is 10.9 Å². The molecular formula is C11H8N2. The Morgan fingerprint density at radius 2 is 2.00 bits per heavy atom. The van der Waals surface area contributed by atoms with E-state index in [-0.39, 0.29) is 0 Å². The predicted octanol–water partition coefficient (Wildman–Crippen LogP) is 2.49. The zero-order valence-corrected chi connectivity index (χ0v) is 7.01. The van der Waals surface area contributed by atoms with E-state index in [0.29, 0.717) is 0 Å². The Bertz CT molecular complexity index is 516. The zero-order chi connectivity index (χ0) is 8.67. The molecule has 0 bridgehead atoms. The SMILES string of the molecule is c1ccc2c(c1)cc1ncccn12. The van der Waals surface area contributed by atoms with Crippen molar-refractivity contribution in [2.45, 2.75) is 0 Å². The Kier molecular flexibility index (Phi) is 1.19. The molecule has 0 atom stereocenters. The van der Waals surface area contributed by atoms with Crippen molar-refractivity contribution in [1.29, 1.82) is 0 Å². The maximum absolute atomic E-state index is 4.28. The Hall–Kier alpha value is -1.83. The monoisotopic (exact) mass is 168 g/mol. The summed E-state index contributed by atoms with van der Waals surface area (Å²) in [5.74, 6) is 0. The number of para-hydroxylation sites is 1. The van der Waals surface area contributed by atoms with Crippen molar-refractivity contribution in [2.75, 3.05) is 0 Å². The van der Waals surface area contributed by atoms with Crippen LogP contribution in [-0.4, -0.2) is 9.38 Å². The highest BCUT2D eigenvalue weighted by Crippen LogP contribution is 2.17. The lowest BCUT2D eigenvalue weighted by Crippen LogP contribution is -1.83. The molecule has 0 saturated heterocycles. The Morgan fingerprint density at radius 1 is 1.08 bits per heavy atom. The normalized spacial score (nSPS) is 11.1. The summed E-state index contributed by atoms with van der Waals surface area (Å²) in [6, 6.07) is 12.3. The third kappa shape index (κ3) is 0.855. The summed E-state index contributed by atoms with van der Waals surface area (Å²) in [6.45, 7) is 0. The summed E-state index contributed by atoms with van der Waals surface area (Å²) in [7, 11) is 0. The highest BCUT2D eigenvalue weighted by Gasteiger charge is 1.99. The standard InChI is InChI=1S/C11H8N2/c1-2-5-10-9(4-1)8-11-12-6-3-7-13(10)11/h1-8H. The van der Waals surface area contributed by atoms with E-state index >= 15 is 0 Å². The van der Waals surface area contributed by atoms with Gasteiger partial charge in [0.1, 0.15) is 5.65 Å². The fraction of sp³-hybridized carbons (Fsp3) is 0. The van der Waals surface area contributed by atoms with Crippen molar-refractivity contribution in [3.8, 4) is 0 Å². The van der Waals surface area contributed by atoms with Gasteiger partial charge in [0, 0.05) is 17.8 Å². The molecule has 62 valence electrons. The van der Waals surface area contributed by atoms with Crippen LogP contribution in [0.1, 0.15) is 0 Å². The van der Waals surface area contributed by atoms with Crippen LogP contribution in [0.15, 0.2) is 48.8 Å². The Morgan fingerprint density at radius 3 is 3.00 bits per heavy atom. The molecule has 3 rings (SSSR count). The van der Waals surface area contributed by atoms with E-state index in [4.69, 9.17) is 0 Å². The average molecular weight is 168 g/mol. The lowest BCUT2D eigenvalue weighted by molar-refractivity contribution is 1.17. The van der Waals surface area contributed by atoms with Crippen LogP contribution in [0.5, 0.6) is 0 Å². The summed E-state index contributed by atoms with van der Waals surface area (Å²) < 4.78 is 2.09. The molecule has 3 aromatic rings. The third-order valence-electron chi connectivity index (χ3n) is 2.26. The Labute approximate surface area is 75.5 Å². The number of hydrogen-bond donors (Lipinski definition) is 0. The summed E-state index contributed by atoms with van der Waals surface area (Å²) in [6.07, 6.45) is 3.85. The second kappa shape index (κ2) is 2.33. The molecule has 2 aromatic heterocycles. The fourth-order valence-corrected chi connectivity index (χ4v) is 1.66. The summed E-state index contributed by atoms with van der Waals surface area (Å²) in [4.78, 5) is 4.28. The highest BCUT2D eigenvalue weighted by molar-refractivity contribution is 5.85. The van der Waals surface area contributed by atoms with E-state index < -0.39 is 0 Å². The van der Waals surface area contributed by atoms with Crippen molar-refractivity contribution < 1.29 is 0 Å². The average Bonchev–Trinajstić information content (AvgIpc) is 2.56. The lowest BCUT2D eigenvalue weighted by atomic mass is 10.2. The first-order valence-corrected chi connectivity index (χ1v) is 4.26. The number of benzene rings is 1. The first-order chi connectivity index (χ1) is 6.45. The molecule has 0 spiro atoms. The maximum Gasteiger partial charge on any atom is 0.137 e. The molecular weight excluding hydrogens is 160 g/mol. The van der Waals surface area contributed by atoms with Gasteiger partial charge in [-0.1, -0.05) is 18.2 Å². The van der Waals surface area contributed by atoms with Crippen LogP contribution in [0, 0.1) is 0 Å². The zero-order valence-electron chi connectivity index (χ0n) is 7.01. The van der Waals surface area contributed by atoms with Crippen molar-refractivity contribution in [3.63, 3.8) is 0 Å². The van der Waals surface area contributed by atoms with Crippen molar-refractivity contribution in [1.82, 2.24) is 9.38 Å². The quantitative estimate of drug-likeness (QED) is 0.504. The molecule has 0 N–H and O–H groups in total. The van der Waals surface area contributed by atoms with Crippen LogP contribution in [-0.2, 0) is 0 Å². The van der Waals surface area contributed by atoms with Gasteiger partial charge in [-0.15, -0.1) is 0 Å². The van der Waals surface area contributed by atoms with Crippen LogP contribution in [0.25, 0.3) is 16.6 Å². The smallest absolute Gasteiger partial charge is 0.137 e. The Balaban J connectivity index is 2.64. The lowest BCUT2D eigenvalue weighted by Gasteiger charge is -1.93. The molecule has 0 amide bonds. The van der Waals surface area contributed by atoms with E-state index in [1.54, 1.807) is 0 Å². The molecule has 1 aromatic carbocycles. The number of rotatable bonds is 0. The van der Waals surface area contributed by atoms with Gasteiger partial charge in [0.05, 0.1) is 5.52 Å². The topological polar surface area (TPSA) is 17.3 Å². The largest absolute Gasteiger partial charge is 0.301 e. The van der Waals surface area contributed by atoms with Gasteiger partial charge in [0.15, 0.2) is 0 Å². The maximum atomic E-state index is 4.28. The molecule has 0 unspecified atom stereocenters. The third-order valence-corrected chi connectivity index (χ3v) is 2.26. The number of hydrogen-bond acceptors (Lipinski definition) is 1. The van der Waals surface area contributed by atoms with Crippen molar-refractivity contribution >= 4 is 16.6 Å². The second-order valence-corrected chi connectivity index (χ2v) is 3.05.